The minimum Gasteiger partial charge on any atom is -0.464 e. The third-order valence-corrected chi connectivity index (χ3v) is 4.76. The number of hydrogen-bond acceptors (Lipinski definition) is 5. The molecule has 0 saturated heterocycles. The summed E-state index contributed by atoms with van der Waals surface area (Å²) in [6.07, 6.45) is 0. The third kappa shape index (κ3) is 2.40. The maximum Gasteiger partial charge on any atom is 0.308 e. The van der Waals surface area contributed by atoms with E-state index in [1.54, 1.807) is 26.0 Å². The fourth-order valence-electron chi connectivity index (χ4n) is 1.85. The van der Waals surface area contributed by atoms with Gasteiger partial charge in [0.25, 0.3) is 15.9 Å². The van der Waals surface area contributed by atoms with Gasteiger partial charge in [-0.05, 0) is 12.1 Å². The topological polar surface area (TPSA) is 80.8 Å². The van der Waals surface area contributed by atoms with E-state index in [9.17, 15) is 18.0 Å². The van der Waals surface area contributed by atoms with E-state index in [4.69, 9.17) is 4.74 Å². The molecule has 7 heteroatoms. The number of benzene rings is 1. The van der Waals surface area contributed by atoms with Gasteiger partial charge in [0.15, 0.2) is 0 Å². The van der Waals surface area contributed by atoms with Crippen LogP contribution in [0.1, 0.15) is 24.2 Å². The van der Waals surface area contributed by atoms with Crippen LogP contribution in [0.15, 0.2) is 29.2 Å². The summed E-state index contributed by atoms with van der Waals surface area (Å²) in [6.45, 7) is 3.04. The first-order valence-corrected chi connectivity index (χ1v) is 7.62. The van der Waals surface area contributed by atoms with Crippen LogP contribution < -0.4 is 0 Å². The van der Waals surface area contributed by atoms with E-state index >= 15 is 0 Å². The lowest BCUT2D eigenvalue weighted by Gasteiger charge is -2.15. The summed E-state index contributed by atoms with van der Waals surface area (Å²) in [5.74, 6) is -1.30. The van der Waals surface area contributed by atoms with Crippen molar-refractivity contribution >= 4 is 21.9 Å². The highest BCUT2D eigenvalue weighted by molar-refractivity contribution is 7.90. The fourth-order valence-corrected chi connectivity index (χ4v) is 3.40. The van der Waals surface area contributed by atoms with Gasteiger partial charge in [-0.2, -0.15) is 0 Å². The lowest BCUT2D eigenvalue weighted by Crippen LogP contribution is -2.34. The Kier molecular flexibility index (Phi) is 3.80. The van der Waals surface area contributed by atoms with Gasteiger partial charge < -0.3 is 4.74 Å². The molecule has 20 heavy (non-hydrogen) atoms. The normalized spacial score (nSPS) is 16.4. The Morgan fingerprint density at radius 1 is 1.30 bits per heavy atom. The molecule has 1 aromatic rings. The molecular formula is C13H15NO5S. The van der Waals surface area contributed by atoms with E-state index in [2.05, 4.69) is 0 Å². The Morgan fingerprint density at radius 2 is 1.95 bits per heavy atom. The Morgan fingerprint density at radius 3 is 2.55 bits per heavy atom. The van der Waals surface area contributed by atoms with Crippen molar-refractivity contribution in [2.45, 2.75) is 18.7 Å². The summed E-state index contributed by atoms with van der Waals surface area (Å²) < 4.78 is 30.0. The number of sulfonamides is 1. The molecule has 0 aliphatic carbocycles. The molecule has 1 aliphatic heterocycles. The van der Waals surface area contributed by atoms with Crippen LogP contribution in [0, 0.1) is 5.92 Å². The van der Waals surface area contributed by atoms with Crippen LogP contribution in [0.25, 0.3) is 0 Å². The van der Waals surface area contributed by atoms with Crippen LogP contribution in [0.2, 0.25) is 0 Å². The number of rotatable bonds is 4. The van der Waals surface area contributed by atoms with Crippen molar-refractivity contribution in [3.8, 4) is 0 Å². The van der Waals surface area contributed by atoms with E-state index in [0.717, 1.165) is 4.31 Å². The zero-order chi connectivity index (χ0) is 14.9. The molecule has 108 valence electrons. The van der Waals surface area contributed by atoms with Crippen molar-refractivity contribution < 1.29 is 22.7 Å². The third-order valence-electron chi connectivity index (χ3n) is 2.92. The molecule has 2 rings (SSSR count). The SMILES string of the molecule is CC(C)C(=O)OCCN1C(=O)c2ccccc2S1(=O)=O. The maximum absolute atomic E-state index is 12.2. The zero-order valence-corrected chi connectivity index (χ0v) is 12.0. The Labute approximate surface area is 117 Å². The number of hydrogen-bond donors (Lipinski definition) is 0. The second-order valence-electron chi connectivity index (χ2n) is 4.70. The molecule has 1 aromatic carbocycles. The number of nitrogens with zero attached hydrogens (tertiary/aromatic N) is 1. The smallest absolute Gasteiger partial charge is 0.308 e. The molecule has 1 amide bonds. The predicted molar refractivity (Wildman–Crippen MR) is 70.5 cm³/mol. The number of amides is 1. The molecule has 0 N–H and O–H groups in total. The molecule has 6 nitrogen and oxygen atoms in total. The number of carbonyl (C=O) groups is 2. The van der Waals surface area contributed by atoms with Gasteiger partial charge in [0.05, 0.1) is 18.0 Å². The number of esters is 1. The van der Waals surface area contributed by atoms with Gasteiger partial charge in [0.1, 0.15) is 11.5 Å². The second-order valence-corrected chi connectivity index (χ2v) is 6.53. The lowest BCUT2D eigenvalue weighted by atomic mass is 10.2. The van der Waals surface area contributed by atoms with E-state index in [1.165, 1.54) is 12.1 Å². The van der Waals surface area contributed by atoms with Gasteiger partial charge in [0, 0.05) is 0 Å². The van der Waals surface area contributed by atoms with Crippen molar-refractivity contribution in [1.29, 1.82) is 0 Å². The highest BCUT2D eigenvalue weighted by Gasteiger charge is 2.40. The molecule has 0 atom stereocenters. The highest BCUT2D eigenvalue weighted by atomic mass is 32.2. The van der Waals surface area contributed by atoms with Crippen LogP contribution in [-0.4, -0.2) is 37.8 Å². The maximum atomic E-state index is 12.2. The van der Waals surface area contributed by atoms with Gasteiger partial charge in [-0.1, -0.05) is 26.0 Å². The van der Waals surface area contributed by atoms with Gasteiger partial charge in [-0.15, -0.1) is 0 Å². The predicted octanol–water partition coefficient (Wildman–Crippen LogP) is 1.03. The number of carbonyl (C=O) groups excluding carboxylic acids is 2. The van der Waals surface area contributed by atoms with Crippen molar-refractivity contribution in [2.24, 2.45) is 5.92 Å². The molecule has 0 radical (unpaired) electrons. The minimum atomic E-state index is -3.82. The van der Waals surface area contributed by atoms with Gasteiger partial charge in [-0.25, -0.2) is 12.7 Å². The van der Waals surface area contributed by atoms with Crippen molar-refractivity contribution in [1.82, 2.24) is 4.31 Å². The first-order chi connectivity index (χ1) is 9.35. The zero-order valence-electron chi connectivity index (χ0n) is 11.2. The fraction of sp³-hybridized carbons (Fsp3) is 0.385. The van der Waals surface area contributed by atoms with E-state index in [1.807, 2.05) is 0 Å². The summed E-state index contributed by atoms with van der Waals surface area (Å²) in [7, 11) is -3.82. The quantitative estimate of drug-likeness (QED) is 0.775. The Hall–Kier alpha value is -1.89. The minimum absolute atomic E-state index is 0.000172. The molecule has 0 aromatic heterocycles. The molecule has 0 fully saturated rings. The van der Waals surface area contributed by atoms with Gasteiger partial charge in [0.2, 0.25) is 0 Å². The summed E-state index contributed by atoms with van der Waals surface area (Å²) in [5.41, 5.74) is 0.155. The second kappa shape index (κ2) is 5.24. The first-order valence-electron chi connectivity index (χ1n) is 6.18. The molecule has 0 unspecified atom stereocenters. The molecule has 1 heterocycles. The lowest BCUT2D eigenvalue weighted by molar-refractivity contribution is -0.147. The van der Waals surface area contributed by atoms with E-state index in [-0.39, 0.29) is 29.5 Å². The molecule has 1 aliphatic rings. The summed E-state index contributed by atoms with van der Waals surface area (Å²) >= 11 is 0. The van der Waals surface area contributed by atoms with E-state index in [0.29, 0.717) is 0 Å². The van der Waals surface area contributed by atoms with Crippen LogP contribution in [0.3, 0.4) is 0 Å². The van der Waals surface area contributed by atoms with E-state index < -0.39 is 21.9 Å². The van der Waals surface area contributed by atoms with Crippen molar-refractivity contribution in [3.05, 3.63) is 29.8 Å². The van der Waals surface area contributed by atoms with Crippen LogP contribution in [-0.2, 0) is 19.6 Å². The standard InChI is InChI=1S/C13H15NO5S/c1-9(2)13(16)19-8-7-14-12(15)10-5-3-4-6-11(10)20(14,17)18/h3-6,9H,7-8H2,1-2H3. The molecule has 0 bridgehead atoms. The number of ether oxygens (including phenoxy) is 1. The Bertz CT molecular complexity index is 650. The molecule has 0 saturated carbocycles. The van der Waals surface area contributed by atoms with Gasteiger partial charge >= 0.3 is 5.97 Å². The van der Waals surface area contributed by atoms with Gasteiger partial charge in [-0.3, -0.25) is 9.59 Å². The largest absolute Gasteiger partial charge is 0.464 e. The average molecular weight is 297 g/mol. The highest BCUT2D eigenvalue weighted by Crippen LogP contribution is 2.29. The molecule has 0 spiro atoms. The van der Waals surface area contributed by atoms with Crippen LogP contribution in [0.4, 0.5) is 0 Å². The molecular weight excluding hydrogens is 282 g/mol. The summed E-state index contributed by atoms with van der Waals surface area (Å²) in [6, 6.07) is 6.03. The monoisotopic (exact) mass is 297 g/mol. The van der Waals surface area contributed by atoms with Crippen molar-refractivity contribution in [2.75, 3.05) is 13.2 Å². The first kappa shape index (κ1) is 14.5. The van der Waals surface area contributed by atoms with Crippen LogP contribution >= 0.6 is 0 Å². The summed E-state index contributed by atoms with van der Waals surface area (Å²) in [4.78, 5) is 23.3. The Balaban J connectivity index is 2.12. The summed E-state index contributed by atoms with van der Waals surface area (Å²) in [5, 5.41) is 0. The average Bonchev–Trinajstić information content (AvgIpc) is 2.60. The van der Waals surface area contributed by atoms with Crippen molar-refractivity contribution in [3.63, 3.8) is 0 Å². The van der Waals surface area contributed by atoms with Crippen LogP contribution in [0.5, 0.6) is 0 Å². The number of fused-ring (bicyclic) bond motifs is 1.